The summed E-state index contributed by atoms with van der Waals surface area (Å²) in [6.45, 7) is 3.24. The van der Waals surface area contributed by atoms with Gasteiger partial charge in [0, 0.05) is 43.1 Å². The number of furan rings is 1. The van der Waals surface area contributed by atoms with Crippen LogP contribution < -0.4 is 4.74 Å². The number of carbonyl (C=O) groups is 1. The predicted octanol–water partition coefficient (Wildman–Crippen LogP) is 4.19. The number of benzene rings is 2. The molecule has 0 aliphatic carbocycles. The Morgan fingerprint density at radius 3 is 2.64 bits per heavy atom. The van der Waals surface area contributed by atoms with Crippen LogP contribution in [0.15, 0.2) is 46.9 Å². The summed E-state index contributed by atoms with van der Waals surface area (Å²) >= 11 is 5.99. The first-order valence-electron chi connectivity index (χ1n) is 9.06. The monoisotopic (exact) mass is 402 g/mol. The van der Waals surface area contributed by atoms with Gasteiger partial charge in [0.05, 0.1) is 7.11 Å². The summed E-state index contributed by atoms with van der Waals surface area (Å²) in [5, 5.41) is 1.42. The van der Waals surface area contributed by atoms with Crippen molar-refractivity contribution in [2.75, 3.05) is 33.3 Å². The summed E-state index contributed by atoms with van der Waals surface area (Å²) in [5.41, 5.74) is 1.53. The average Bonchev–Trinajstić information content (AvgIpc) is 3.11. The Bertz CT molecular complexity index is 1010. The van der Waals surface area contributed by atoms with E-state index >= 15 is 0 Å². The Hall–Kier alpha value is -2.57. The maximum atomic E-state index is 13.9. The molecular weight excluding hydrogens is 383 g/mol. The van der Waals surface area contributed by atoms with Crippen LogP contribution in [0, 0.1) is 5.82 Å². The lowest BCUT2D eigenvalue weighted by molar-refractivity contribution is 0.0600. The smallest absolute Gasteiger partial charge is 0.289 e. The van der Waals surface area contributed by atoms with Gasteiger partial charge in [0.2, 0.25) is 0 Å². The van der Waals surface area contributed by atoms with E-state index in [0.29, 0.717) is 49.1 Å². The summed E-state index contributed by atoms with van der Waals surface area (Å²) in [6, 6.07) is 12.0. The van der Waals surface area contributed by atoms with Crippen molar-refractivity contribution in [3.05, 3.63) is 64.6 Å². The molecule has 1 fully saturated rings. The van der Waals surface area contributed by atoms with Crippen LogP contribution in [0.4, 0.5) is 4.39 Å². The Morgan fingerprint density at radius 2 is 1.93 bits per heavy atom. The second-order valence-electron chi connectivity index (χ2n) is 6.83. The lowest BCUT2D eigenvalue weighted by atomic mass is 10.1. The van der Waals surface area contributed by atoms with Crippen molar-refractivity contribution in [1.82, 2.24) is 9.80 Å². The third-order valence-electron chi connectivity index (χ3n) is 4.97. The van der Waals surface area contributed by atoms with Crippen LogP contribution in [-0.2, 0) is 6.54 Å². The van der Waals surface area contributed by atoms with E-state index in [-0.39, 0.29) is 17.5 Å². The first-order chi connectivity index (χ1) is 13.5. The third-order valence-corrected chi connectivity index (χ3v) is 5.21. The van der Waals surface area contributed by atoms with Crippen molar-refractivity contribution in [1.29, 1.82) is 0 Å². The van der Waals surface area contributed by atoms with Crippen LogP contribution in [0.1, 0.15) is 16.1 Å². The highest BCUT2D eigenvalue weighted by atomic mass is 35.5. The first kappa shape index (κ1) is 18.8. The van der Waals surface area contributed by atoms with E-state index in [4.69, 9.17) is 20.8 Å². The molecule has 2 aromatic carbocycles. The summed E-state index contributed by atoms with van der Waals surface area (Å²) in [6.07, 6.45) is 0. The minimum absolute atomic E-state index is 0.123. The number of carbonyl (C=O) groups excluding carboxylic acids is 1. The lowest BCUT2D eigenvalue weighted by Gasteiger charge is -2.34. The van der Waals surface area contributed by atoms with Gasteiger partial charge in [-0.25, -0.2) is 4.39 Å². The molecule has 1 saturated heterocycles. The van der Waals surface area contributed by atoms with E-state index in [0.717, 1.165) is 10.9 Å². The molecule has 0 radical (unpaired) electrons. The van der Waals surface area contributed by atoms with Gasteiger partial charge in [-0.1, -0.05) is 17.7 Å². The molecule has 7 heteroatoms. The van der Waals surface area contributed by atoms with E-state index in [1.807, 2.05) is 6.07 Å². The minimum Gasteiger partial charge on any atom is -0.494 e. The highest BCUT2D eigenvalue weighted by molar-refractivity contribution is 6.31. The van der Waals surface area contributed by atoms with Crippen LogP contribution in [0.2, 0.25) is 5.02 Å². The molecule has 4 rings (SSSR count). The molecule has 146 valence electrons. The Labute approximate surface area is 167 Å². The summed E-state index contributed by atoms with van der Waals surface area (Å²) in [7, 11) is 1.45. The third kappa shape index (κ3) is 3.84. The SMILES string of the molecule is COc1ccc(CN2CCN(C(=O)c3cc4cc(Cl)ccc4o3)CC2)cc1F. The number of methoxy groups -OCH3 is 1. The molecule has 0 saturated carbocycles. The number of fused-ring (bicyclic) bond motifs is 1. The normalized spacial score (nSPS) is 15.2. The van der Waals surface area contributed by atoms with Crippen molar-refractivity contribution < 1.29 is 18.3 Å². The summed E-state index contributed by atoms with van der Waals surface area (Å²) in [5.74, 6) is 0.0792. The molecule has 0 bridgehead atoms. The molecule has 1 aliphatic rings. The Kier molecular flexibility index (Phi) is 5.24. The fourth-order valence-corrected chi connectivity index (χ4v) is 3.63. The standard InChI is InChI=1S/C21H20ClFN2O3/c1-27-19-4-2-14(10-17(19)23)13-24-6-8-25(9-7-24)21(26)20-12-15-11-16(22)3-5-18(15)28-20/h2-5,10-12H,6-9,13H2,1H3. The largest absolute Gasteiger partial charge is 0.494 e. The number of ether oxygens (including phenoxy) is 1. The molecule has 0 spiro atoms. The van der Waals surface area contributed by atoms with Gasteiger partial charge in [-0.05, 0) is 42.0 Å². The van der Waals surface area contributed by atoms with Gasteiger partial charge in [0.25, 0.3) is 5.91 Å². The van der Waals surface area contributed by atoms with Crippen molar-refractivity contribution in [2.45, 2.75) is 6.54 Å². The van der Waals surface area contributed by atoms with Gasteiger partial charge >= 0.3 is 0 Å². The zero-order valence-electron chi connectivity index (χ0n) is 15.5. The van der Waals surface area contributed by atoms with Gasteiger partial charge < -0.3 is 14.1 Å². The van der Waals surface area contributed by atoms with Crippen molar-refractivity contribution in [3.63, 3.8) is 0 Å². The second kappa shape index (κ2) is 7.81. The Balaban J connectivity index is 1.37. The molecule has 1 aromatic heterocycles. The quantitative estimate of drug-likeness (QED) is 0.656. The highest BCUT2D eigenvalue weighted by Gasteiger charge is 2.24. The minimum atomic E-state index is -0.362. The van der Waals surface area contributed by atoms with E-state index in [1.165, 1.54) is 13.2 Å². The van der Waals surface area contributed by atoms with Gasteiger partial charge in [0.1, 0.15) is 5.58 Å². The van der Waals surface area contributed by atoms with Gasteiger partial charge in [0.15, 0.2) is 17.3 Å². The number of halogens is 2. The van der Waals surface area contributed by atoms with E-state index in [9.17, 15) is 9.18 Å². The molecule has 0 N–H and O–H groups in total. The summed E-state index contributed by atoms with van der Waals surface area (Å²) < 4.78 is 24.5. The fraction of sp³-hybridized carbons (Fsp3) is 0.286. The molecule has 28 heavy (non-hydrogen) atoms. The molecule has 2 heterocycles. The number of rotatable bonds is 4. The van der Waals surface area contributed by atoms with Crippen LogP contribution in [0.3, 0.4) is 0 Å². The van der Waals surface area contributed by atoms with Crippen molar-refractivity contribution in [2.24, 2.45) is 0 Å². The highest BCUT2D eigenvalue weighted by Crippen LogP contribution is 2.24. The molecule has 5 nitrogen and oxygen atoms in total. The Morgan fingerprint density at radius 1 is 1.14 bits per heavy atom. The zero-order chi connectivity index (χ0) is 19.7. The fourth-order valence-electron chi connectivity index (χ4n) is 3.45. The second-order valence-corrected chi connectivity index (χ2v) is 7.27. The van der Waals surface area contributed by atoms with Crippen LogP contribution in [0.25, 0.3) is 11.0 Å². The molecule has 0 atom stereocenters. The summed E-state index contributed by atoms with van der Waals surface area (Å²) in [4.78, 5) is 16.7. The number of piperazine rings is 1. The topological polar surface area (TPSA) is 45.9 Å². The predicted molar refractivity (Wildman–Crippen MR) is 105 cm³/mol. The van der Waals surface area contributed by atoms with Crippen molar-refractivity contribution in [3.8, 4) is 5.75 Å². The van der Waals surface area contributed by atoms with Crippen molar-refractivity contribution >= 4 is 28.5 Å². The van der Waals surface area contributed by atoms with Gasteiger partial charge in [-0.15, -0.1) is 0 Å². The van der Waals surface area contributed by atoms with Crippen LogP contribution in [0.5, 0.6) is 5.75 Å². The number of hydrogen-bond acceptors (Lipinski definition) is 4. The van der Waals surface area contributed by atoms with E-state index < -0.39 is 0 Å². The van der Waals surface area contributed by atoms with Gasteiger partial charge in [-0.2, -0.15) is 0 Å². The van der Waals surface area contributed by atoms with Gasteiger partial charge in [-0.3, -0.25) is 9.69 Å². The van der Waals surface area contributed by atoms with Crippen LogP contribution in [-0.4, -0.2) is 49.0 Å². The maximum Gasteiger partial charge on any atom is 0.289 e. The number of nitrogens with zero attached hydrogens (tertiary/aromatic N) is 2. The molecular formula is C21H20ClFN2O3. The lowest BCUT2D eigenvalue weighted by Crippen LogP contribution is -2.48. The zero-order valence-corrected chi connectivity index (χ0v) is 16.2. The first-order valence-corrected chi connectivity index (χ1v) is 9.44. The van der Waals surface area contributed by atoms with Crippen LogP contribution >= 0.6 is 11.6 Å². The van der Waals surface area contributed by atoms with E-state index in [2.05, 4.69) is 4.90 Å². The van der Waals surface area contributed by atoms with E-state index in [1.54, 1.807) is 35.2 Å². The maximum absolute atomic E-state index is 13.9. The molecule has 0 unspecified atom stereocenters. The molecule has 1 aliphatic heterocycles. The number of hydrogen-bond donors (Lipinski definition) is 0. The molecule has 1 amide bonds. The molecule has 3 aromatic rings. The number of amides is 1. The average molecular weight is 403 g/mol.